The van der Waals surface area contributed by atoms with E-state index in [-0.39, 0.29) is 17.8 Å². The van der Waals surface area contributed by atoms with Crippen LogP contribution in [0.2, 0.25) is 0 Å². The normalized spacial score (nSPS) is 22.9. The first kappa shape index (κ1) is 19.2. The number of hydrogen-bond donors (Lipinski definition) is 1. The van der Waals surface area contributed by atoms with Gasteiger partial charge in [0.2, 0.25) is 5.95 Å². The van der Waals surface area contributed by atoms with Crippen molar-refractivity contribution in [3.63, 3.8) is 0 Å². The van der Waals surface area contributed by atoms with Gasteiger partial charge in [0.05, 0.1) is 17.9 Å². The van der Waals surface area contributed by atoms with Crippen molar-refractivity contribution >= 4 is 5.95 Å². The highest BCUT2D eigenvalue weighted by atomic mass is 16.5. The number of nitrogens with zero attached hydrogens (tertiary/aromatic N) is 3. The zero-order chi connectivity index (χ0) is 19.7. The number of H-pyrrole nitrogens is 1. The first-order valence-corrected chi connectivity index (χ1v) is 10.3. The van der Waals surface area contributed by atoms with Crippen LogP contribution in [0, 0.1) is 0 Å². The van der Waals surface area contributed by atoms with Crippen molar-refractivity contribution in [1.29, 1.82) is 0 Å². The van der Waals surface area contributed by atoms with Gasteiger partial charge in [-0.25, -0.2) is 4.98 Å². The summed E-state index contributed by atoms with van der Waals surface area (Å²) in [6.07, 6.45) is 2.08. The molecule has 0 unspecified atom stereocenters. The van der Waals surface area contributed by atoms with E-state index >= 15 is 0 Å². The second kappa shape index (κ2) is 8.05. The van der Waals surface area contributed by atoms with Crippen molar-refractivity contribution in [1.82, 2.24) is 14.9 Å². The van der Waals surface area contributed by atoms with Gasteiger partial charge < -0.3 is 9.64 Å². The van der Waals surface area contributed by atoms with Gasteiger partial charge in [0, 0.05) is 38.3 Å². The standard InChI is InChI=1S/C22H30N4O2/c1-4-17-5-7-18(8-6-17)13-25-10-9-19-20(14-25)23-22(24-21(19)27)26-11-15(2)28-16(3)12-26/h5-8,15-16H,4,9-14H2,1-3H3,(H,23,24,27)/t15-,16+. The van der Waals surface area contributed by atoms with Gasteiger partial charge in [0.1, 0.15) is 0 Å². The Morgan fingerprint density at radius 2 is 1.82 bits per heavy atom. The Balaban J connectivity index is 1.52. The lowest BCUT2D eigenvalue weighted by Gasteiger charge is -2.36. The third-order valence-corrected chi connectivity index (χ3v) is 5.70. The van der Waals surface area contributed by atoms with E-state index in [9.17, 15) is 4.79 Å². The van der Waals surface area contributed by atoms with E-state index in [2.05, 4.69) is 59.8 Å². The van der Waals surface area contributed by atoms with Crippen LogP contribution in [0.3, 0.4) is 0 Å². The molecular formula is C22H30N4O2. The molecular weight excluding hydrogens is 352 g/mol. The fourth-order valence-electron chi connectivity index (χ4n) is 4.25. The highest BCUT2D eigenvalue weighted by Crippen LogP contribution is 2.21. The molecule has 0 amide bonds. The molecule has 0 radical (unpaired) electrons. The Hall–Kier alpha value is -2.18. The molecule has 0 spiro atoms. The summed E-state index contributed by atoms with van der Waals surface area (Å²) < 4.78 is 5.81. The maximum Gasteiger partial charge on any atom is 0.255 e. The molecule has 28 heavy (non-hydrogen) atoms. The van der Waals surface area contributed by atoms with Gasteiger partial charge >= 0.3 is 0 Å². The summed E-state index contributed by atoms with van der Waals surface area (Å²) in [5.41, 5.74) is 4.44. The number of hydrogen-bond acceptors (Lipinski definition) is 5. The Morgan fingerprint density at radius 3 is 2.50 bits per heavy atom. The molecule has 1 fully saturated rings. The van der Waals surface area contributed by atoms with Gasteiger partial charge in [-0.05, 0) is 37.8 Å². The van der Waals surface area contributed by atoms with Gasteiger partial charge in [-0.3, -0.25) is 14.7 Å². The molecule has 2 aliphatic rings. The van der Waals surface area contributed by atoms with Crippen molar-refractivity contribution in [2.45, 2.75) is 58.9 Å². The molecule has 2 aromatic rings. The van der Waals surface area contributed by atoms with Crippen LogP contribution in [0.4, 0.5) is 5.95 Å². The van der Waals surface area contributed by atoms with Crippen LogP contribution in [-0.2, 0) is 30.7 Å². The molecule has 0 aliphatic carbocycles. The van der Waals surface area contributed by atoms with Gasteiger partial charge in [0.25, 0.3) is 5.56 Å². The van der Waals surface area contributed by atoms with Gasteiger partial charge in [0.15, 0.2) is 0 Å². The van der Waals surface area contributed by atoms with Crippen molar-refractivity contribution in [2.24, 2.45) is 0 Å². The molecule has 4 rings (SSSR count). The Kier molecular flexibility index (Phi) is 5.51. The minimum Gasteiger partial charge on any atom is -0.372 e. The van der Waals surface area contributed by atoms with Crippen molar-refractivity contribution in [2.75, 3.05) is 24.5 Å². The molecule has 1 saturated heterocycles. The number of anilines is 1. The second-order valence-corrected chi connectivity index (χ2v) is 8.11. The molecule has 1 N–H and O–H groups in total. The Labute approximate surface area is 166 Å². The van der Waals surface area contributed by atoms with Gasteiger partial charge in [-0.15, -0.1) is 0 Å². The predicted molar refractivity (Wildman–Crippen MR) is 111 cm³/mol. The van der Waals surface area contributed by atoms with Crippen LogP contribution >= 0.6 is 0 Å². The third kappa shape index (κ3) is 4.13. The van der Waals surface area contributed by atoms with Crippen molar-refractivity contribution < 1.29 is 4.74 Å². The molecule has 2 aliphatic heterocycles. The average Bonchev–Trinajstić information content (AvgIpc) is 2.67. The highest BCUT2D eigenvalue weighted by molar-refractivity contribution is 5.35. The maximum atomic E-state index is 12.7. The van der Waals surface area contributed by atoms with Crippen LogP contribution in [-0.4, -0.2) is 46.7 Å². The summed E-state index contributed by atoms with van der Waals surface area (Å²) in [6.45, 7) is 10.3. The lowest BCUT2D eigenvalue weighted by atomic mass is 10.0. The zero-order valence-corrected chi connectivity index (χ0v) is 17.1. The van der Waals surface area contributed by atoms with Gasteiger partial charge in [-0.1, -0.05) is 31.2 Å². The number of nitrogens with one attached hydrogen (secondary N) is 1. The lowest BCUT2D eigenvalue weighted by Crippen LogP contribution is -2.47. The van der Waals surface area contributed by atoms with Gasteiger partial charge in [-0.2, -0.15) is 0 Å². The second-order valence-electron chi connectivity index (χ2n) is 8.11. The lowest BCUT2D eigenvalue weighted by molar-refractivity contribution is -0.00576. The number of aromatic nitrogens is 2. The monoisotopic (exact) mass is 382 g/mol. The highest BCUT2D eigenvalue weighted by Gasteiger charge is 2.26. The number of morpholine rings is 1. The van der Waals surface area contributed by atoms with Crippen LogP contribution in [0.25, 0.3) is 0 Å². The number of fused-ring (bicyclic) bond motifs is 1. The van der Waals surface area contributed by atoms with Crippen LogP contribution < -0.4 is 10.5 Å². The first-order valence-electron chi connectivity index (χ1n) is 10.3. The number of aryl methyl sites for hydroxylation is 1. The summed E-state index contributed by atoms with van der Waals surface area (Å²) in [7, 11) is 0. The molecule has 2 atom stereocenters. The molecule has 0 bridgehead atoms. The minimum atomic E-state index is 0.0127. The third-order valence-electron chi connectivity index (χ3n) is 5.70. The minimum absolute atomic E-state index is 0.0127. The molecule has 6 heteroatoms. The summed E-state index contributed by atoms with van der Waals surface area (Å²) >= 11 is 0. The number of aromatic amines is 1. The molecule has 1 aromatic carbocycles. The van der Waals surface area contributed by atoms with Crippen molar-refractivity contribution in [3.8, 4) is 0 Å². The quantitative estimate of drug-likeness (QED) is 0.880. The van der Waals surface area contributed by atoms with E-state index < -0.39 is 0 Å². The Bertz CT molecular complexity index is 867. The van der Waals surface area contributed by atoms with Crippen LogP contribution in [0.15, 0.2) is 29.1 Å². The van der Waals surface area contributed by atoms with Crippen LogP contribution in [0.5, 0.6) is 0 Å². The topological polar surface area (TPSA) is 61.5 Å². The molecule has 150 valence electrons. The van der Waals surface area contributed by atoms with Crippen LogP contribution in [0.1, 0.15) is 43.2 Å². The summed E-state index contributed by atoms with van der Waals surface area (Å²) in [4.78, 5) is 25.0. The SMILES string of the molecule is CCc1ccc(CN2CCc3c(nc(N4C[C@@H](C)O[C@@H](C)C4)[nH]c3=O)C2)cc1. The average molecular weight is 383 g/mol. The number of rotatable bonds is 4. The van der Waals surface area contributed by atoms with Crippen molar-refractivity contribution in [3.05, 3.63) is 57.0 Å². The van der Waals surface area contributed by atoms with E-state index in [1.165, 1.54) is 11.1 Å². The number of ether oxygens (including phenoxy) is 1. The predicted octanol–water partition coefficient (Wildman–Crippen LogP) is 2.50. The van der Waals surface area contributed by atoms with E-state index in [1.54, 1.807) is 0 Å². The fourth-order valence-corrected chi connectivity index (χ4v) is 4.25. The molecule has 0 saturated carbocycles. The molecule has 6 nitrogen and oxygen atoms in total. The summed E-state index contributed by atoms with van der Waals surface area (Å²) in [6, 6.07) is 8.83. The zero-order valence-electron chi connectivity index (χ0n) is 17.1. The summed E-state index contributed by atoms with van der Waals surface area (Å²) in [5.74, 6) is 0.680. The Morgan fingerprint density at radius 1 is 1.14 bits per heavy atom. The summed E-state index contributed by atoms with van der Waals surface area (Å²) in [5, 5.41) is 0. The van der Waals surface area contributed by atoms with E-state index in [1.807, 2.05) is 0 Å². The number of benzene rings is 1. The molecule has 3 heterocycles. The molecule has 1 aromatic heterocycles. The largest absolute Gasteiger partial charge is 0.372 e. The van der Waals surface area contributed by atoms with E-state index in [0.29, 0.717) is 5.95 Å². The van der Waals surface area contributed by atoms with E-state index in [4.69, 9.17) is 9.72 Å². The maximum absolute atomic E-state index is 12.7. The van der Waals surface area contributed by atoms with E-state index in [0.717, 1.165) is 56.8 Å². The fraction of sp³-hybridized carbons (Fsp3) is 0.545. The first-order chi connectivity index (χ1) is 13.5. The smallest absolute Gasteiger partial charge is 0.255 e.